The molecule has 4 atom stereocenters. The van der Waals surface area contributed by atoms with E-state index in [1.807, 2.05) is 0 Å². The van der Waals surface area contributed by atoms with Gasteiger partial charge in [-0.3, -0.25) is 4.79 Å². The second-order valence-corrected chi connectivity index (χ2v) is 8.64. The lowest BCUT2D eigenvalue weighted by atomic mass is 9.66. The number of amides is 1. The summed E-state index contributed by atoms with van der Waals surface area (Å²) >= 11 is 1.23. The average Bonchev–Trinajstić information content (AvgIpc) is 3.20. The summed E-state index contributed by atoms with van der Waals surface area (Å²) in [5.41, 5.74) is 4.73. The fraction of sp³-hybridized carbons (Fsp3) is 0.647. The number of primary amides is 1. The SMILES string of the molecule is Cc1csc(C(=NOC(=O)[C@@]23C[C@H]4CC[C@@]2(C)[C@@]4(C)CO3)C(N)=O)n1. The lowest BCUT2D eigenvalue weighted by Crippen LogP contribution is -2.50. The third kappa shape index (κ3) is 1.95. The first-order chi connectivity index (χ1) is 11.7. The molecule has 8 heteroatoms. The van der Waals surface area contributed by atoms with E-state index in [0.29, 0.717) is 24.0 Å². The van der Waals surface area contributed by atoms with Crippen LogP contribution in [0.5, 0.6) is 0 Å². The van der Waals surface area contributed by atoms with E-state index in [2.05, 4.69) is 24.0 Å². The van der Waals surface area contributed by atoms with E-state index in [0.717, 1.165) is 18.5 Å². The number of thiazole rings is 1. The number of nitrogens with zero attached hydrogens (tertiary/aromatic N) is 2. The molecule has 2 N–H and O–H groups in total. The summed E-state index contributed by atoms with van der Waals surface area (Å²) in [5.74, 6) is -0.857. The van der Waals surface area contributed by atoms with Gasteiger partial charge in [0.05, 0.1) is 6.61 Å². The number of hydrogen-bond acceptors (Lipinski definition) is 7. The second-order valence-electron chi connectivity index (χ2n) is 7.78. The molecule has 3 aliphatic rings. The molecule has 1 amide bonds. The zero-order valence-electron chi connectivity index (χ0n) is 14.5. The van der Waals surface area contributed by atoms with E-state index in [1.54, 1.807) is 12.3 Å². The molecule has 7 nitrogen and oxygen atoms in total. The predicted molar refractivity (Wildman–Crippen MR) is 90.9 cm³/mol. The normalized spacial score (nSPS) is 39.0. The zero-order chi connectivity index (χ0) is 18.0. The molecular weight excluding hydrogens is 342 g/mol. The van der Waals surface area contributed by atoms with Crippen LogP contribution in [0.25, 0.3) is 0 Å². The van der Waals surface area contributed by atoms with Crippen LogP contribution >= 0.6 is 11.3 Å². The molecule has 0 aromatic carbocycles. The highest BCUT2D eigenvalue weighted by atomic mass is 32.1. The Kier molecular flexibility index (Phi) is 3.40. The maximum Gasteiger partial charge on any atom is 0.367 e. The Bertz CT molecular complexity index is 806. The first kappa shape index (κ1) is 16.7. The van der Waals surface area contributed by atoms with Gasteiger partial charge in [0.25, 0.3) is 5.91 Å². The predicted octanol–water partition coefficient (Wildman–Crippen LogP) is 1.78. The van der Waals surface area contributed by atoms with Crippen LogP contribution in [-0.4, -0.2) is 34.8 Å². The molecule has 1 aliphatic heterocycles. The topological polar surface area (TPSA) is 104 Å². The smallest absolute Gasteiger partial charge is 0.364 e. The van der Waals surface area contributed by atoms with Crippen molar-refractivity contribution in [2.24, 2.45) is 27.6 Å². The van der Waals surface area contributed by atoms with Crippen LogP contribution in [0.1, 0.15) is 43.8 Å². The van der Waals surface area contributed by atoms with Gasteiger partial charge < -0.3 is 15.3 Å². The van der Waals surface area contributed by atoms with Crippen LogP contribution in [-0.2, 0) is 19.2 Å². The molecule has 1 aromatic rings. The van der Waals surface area contributed by atoms with Crippen LogP contribution in [0, 0.1) is 23.7 Å². The highest BCUT2D eigenvalue weighted by Crippen LogP contribution is 2.75. The van der Waals surface area contributed by atoms with Gasteiger partial charge in [0.15, 0.2) is 10.6 Å². The van der Waals surface area contributed by atoms with Crippen molar-refractivity contribution in [2.45, 2.75) is 45.6 Å². The Morgan fingerprint density at radius 3 is 2.80 bits per heavy atom. The Labute approximate surface area is 149 Å². The van der Waals surface area contributed by atoms with Crippen molar-refractivity contribution in [3.05, 3.63) is 16.1 Å². The first-order valence-corrected chi connectivity index (χ1v) is 9.27. The van der Waals surface area contributed by atoms with E-state index in [9.17, 15) is 9.59 Å². The molecule has 0 spiro atoms. The van der Waals surface area contributed by atoms with E-state index < -0.39 is 17.5 Å². The van der Waals surface area contributed by atoms with Crippen molar-refractivity contribution in [3.8, 4) is 0 Å². The van der Waals surface area contributed by atoms with Crippen molar-refractivity contribution < 1.29 is 19.2 Å². The highest BCUT2D eigenvalue weighted by molar-refractivity contribution is 7.12. The van der Waals surface area contributed by atoms with Gasteiger partial charge in [0, 0.05) is 21.9 Å². The van der Waals surface area contributed by atoms with Gasteiger partial charge in [-0.25, -0.2) is 9.78 Å². The van der Waals surface area contributed by atoms with Gasteiger partial charge in [-0.1, -0.05) is 19.0 Å². The minimum Gasteiger partial charge on any atom is -0.364 e. The molecular formula is C17H21N3O4S. The Morgan fingerprint density at radius 2 is 2.24 bits per heavy atom. The molecule has 3 fully saturated rings. The van der Waals surface area contributed by atoms with E-state index >= 15 is 0 Å². The van der Waals surface area contributed by atoms with Crippen molar-refractivity contribution in [1.82, 2.24) is 4.98 Å². The third-order valence-electron chi connectivity index (χ3n) is 6.80. The molecule has 1 saturated heterocycles. The van der Waals surface area contributed by atoms with Gasteiger partial charge in [0.1, 0.15) is 0 Å². The Hall–Kier alpha value is -1.80. The summed E-state index contributed by atoms with van der Waals surface area (Å²) in [6.07, 6.45) is 2.69. The van der Waals surface area contributed by atoms with Crippen LogP contribution < -0.4 is 5.73 Å². The minimum atomic E-state index is -0.976. The lowest BCUT2D eigenvalue weighted by Gasteiger charge is -2.38. The number of ether oxygens (including phenoxy) is 1. The number of aryl methyl sites for hydroxylation is 1. The number of aromatic nitrogens is 1. The van der Waals surface area contributed by atoms with Crippen LogP contribution in [0.4, 0.5) is 0 Å². The van der Waals surface area contributed by atoms with Crippen molar-refractivity contribution in [2.75, 3.05) is 6.61 Å². The molecule has 4 rings (SSSR count). The molecule has 2 heterocycles. The van der Waals surface area contributed by atoms with E-state index in [-0.39, 0.29) is 16.5 Å². The van der Waals surface area contributed by atoms with Crippen LogP contribution in [0.15, 0.2) is 10.5 Å². The molecule has 134 valence electrons. The largest absolute Gasteiger partial charge is 0.367 e. The number of hydrogen-bond donors (Lipinski definition) is 1. The van der Waals surface area contributed by atoms with E-state index in [1.165, 1.54) is 11.3 Å². The number of oxime groups is 1. The number of rotatable bonds is 4. The number of carbonyl (C=O) groups excluding carboxylic acids is 2. The summed E-state index contributed by atoms with van der Waals surface area (Å²) < 4.78 is 5.97. The fourth-order valence-electron chi connectivity index (χ4n) is 5.03. The van der Waals surface area contributed by atoms with E-state index in [4.69, 9.17) is 15.3 Å². The number of nitrogens with two attached hydrogens (primary N) is 1. The zero-order valence-corrected chi connectivity index (χ0v) is 15.3. The molecule has 2 aliphatic carbocycles. The van der Waals surface area contributed by atoms with Crippen molar-refractivity contribution in [3.63, 3.8) is 0 Å². The van der Waals surface area contributed by atoms with Gasteiger partial charge in [-0.2, -0.15) is 0 Å². The van der Waals surface area contributed by atoms with Gasteiger partial charge in [-0.05, 0) is 32.1 Å². The second kappa shape index (κ2) is 5.11. The Morgan fingerprint density at radius 1 is 1.48 bits per heavy atom. The quantitative estimate of drug-likeness (QED) is 0.499. The van der Waals surface area contributed by atoms with Crippen LogP contribution in [0.2, 0.25) is 0 Å². The molecule has 0 unspecified atom stereocenters. The van der Waals surface area contributed by atoms with Gasteiger partial charge >= 0.3 is 5.97 Å². The monoisotopic (exact) mass is 363 g/mol. The van der Waals surface area contributed by atoms with Gasteiger partial charge in [-0.15, -0.1) is 11.3 Å². The molecule has 2 saturated carbocycles. The maximum atomic E-state index is 12.9. The molecule has 1 aromatic heterocycles. The number of carbonyl (C=O) groups is 2. The minimum absolute atomic E-state index is 0.00529. The van der Waals surface area contributed by atoms with Crippen molar-refractivity contribution >= 4 is 28.9 Å². The Balaban J connectivity index is 1.61. The van der Waals surface area contributed by atoms with Gasteiger partial charge in [0.2, 0.25) is 5.71 Å². The first-order valence-electron chi connectivity index (χ1n) is 8.39. The fourth-order valence-corrected chi connectivity index (χ4v) is 5.81. The lowest BCUT2D eigenvalue weighted by molar-refractivity contribution is -0.181. The molecule has 0 radical (unpaired) electrons. The average molecular weight is 363 g/mol. The molecule has 4 bridgehead atoms. The van der Waals surface area contributed by atoms with Crippen LogP contribution in [0.3, 0.4) is 0 Å². The summed E-state index contributed by atoms with van der Waals surface area (Å²) in [5, 5.41) is 5.87. The summed E-state index contributed by atoms with van der Waals surface area (Å²) in [6, 6.07) is 0. The summed E-state index contributed by atoms with van der Waals surface area (Å²) in [6.45, 7) is 6.66. The molecule has 25 heavy (non-hydrogen) atoms. The summed E-state index contributed by atoms with van der Waals surface area (Å²) in [4.78, 5) is 33.9. The highest BCUT2D eigenvalue weighted by Gasteiger charge is 2.79. The standard InChI is InChI=1S/C17H21N3O4S/c1-9-7-25-13(19-9)11(12(18)21)20-24-14(22)17-6-10-4-5-16(17,3)15(10,2)8-23-17/h7,10H,4-6,8H2,1-3H3,(H2,18,21)/t10-,15+,16+,17+/m1/s1. The maximum absolute atomic E-state index is 12.9. The van der Waals surface area contributed by atoms with Crippen molar-refractivity contribution in [1.29, 1.82) is 0 Å². The third-order valence-corrected chi connectivity index (χ3v) is 7.77. The summed E-state index contributed by atoms with van der Waals surface area (Å²) in [7, 11) is 0.